The third kappa shape index (κ3) is 6.12. The number of halogens is 1. The van der Waals surface area contributed by atoms with E-state index in [1.165, 1.54) is 13.2 Å². The molecule has 0 atom stereocenters. The lowest BCUT2D eigenvalue weighted by molar-refractivity contribution is -0.135. The van der Waals surface area contributed by atoms with E-state index in [0.29, 0.717) is 12.2 Å². The molecule has 0 spiro atoms. The van der Waals surface area contributed by atoms with Crippen molar-refractivity contribution >= 4 is 21.9 Å². The molecule has 0 aromatic carbocycles. The molecule has 4 heteroatoms. The van der Waals surface area contributed by atoms with Gasteiger partial charge in [0.2, 0.25) is 0 Å². The van der Waals surface area contributed by atoms with E-state index in [1.54, 1.807) is 12.2 Å². The van der Waals surface area contributed by atoms with E-state index in [4.69, 9.17) is 4.74 Å². The van der Waals surface area contributed by atoms with Crippen molar-refractivity contribution in [2.75, 3.05) is 19.0 Å². The van der Waals surface area contributed by atoms with E-state index in [0.717, 1.165) is 11.1 Å². The monoisotopic (exact) mass is 274 g/mol. The normalized spacial score (nSPS) is 12.2. The topological polar surface area (TPSA) is 35.5 Å². The summed E-state index contributed by atoms with van der Waals surface area (Å²) in [6.07, 6.45) is 4.76. The van der Waals surface area contributed by atoms with E-state index in [1.807, 2.05) is 6.92 Å². The van der Waals surface area contributed by atoms with Crippen molar-refractivity contribution in [1.82, 2.24) is 0 Å². The van der Waals surface area contributed by atoms with Crippen LogP contribution in [0.15, 0.2) is 36.1 Å². The van der Waals surface area contributed by atoms with Crippen molar-refractivity contribution in [3.05, 3.63) is 36.1 Å². The van der Waals surface area contributed by atoms with Crippen molar-refractivity contribution in [1.29, 1.82) is 0 Å². The van der Waals surface area contributed by atoms with Gasteiger partial charge in [0, 0.05) is 5.33 Å². The third-order valence-corrected chi connectivity index (χ3v) is 1.87. The largest absolute Gasteiger partial charge is 0.497 e. The Hall–Kier alpha value is -1.03. The van der Waals surface area contributed by atoms with Gasteiger partial charge in [-0.3, -0.25) is 0 Å². The summed E-state index contributed by atoms with van der Waals surface area (Å²) in [4.78, 5) is 11.1. The SMILES string of the molecule is C=C/C(=C\C=C(/C)OCCBr)C(=O)OC. The van der Waals surface area contributed by atoms with Gasteiger partial charge in [-0.15, -0.1) is 0 Å². The number of methoxy groups -OCH3 is 1. The van der Waals surface area contributed by atoms with Crippen LogP contribution in [0.3, 0.4) is 0 Å². The summed E-state index contributed by atoms with van der Waals surface area (Å²) in [5.74, 6) is 0.326. The van der Waals surface area contributed by atoms with Gasteiger partial charge < -0.3 is 9.47 Å². The smallest absolute Gasteiger partial charge is 0.337 e. The Bertz CT molecular complexity index is 280. The van der Waals surface area contributed by atoms with Gasteiger partial charge in [0.15, 0.2) is 0 Å². The van der Waals surface area contributed by atoms with Crippen LogP contribution in [-0.4, -0.2) is 25.0 Å². The highest BCUT2D eigenvalue weighted by molar-refractivity contribution is 9.09. The molecule has 0 aromatic rings. The lowest BCUT2D eigenvalue weighted by atomic mass is 10.2. The number of carbonyl (C=O) groups is 1. The van der Waals surface area contributed by atoms with Gasteiger partial charge >= 0.3 is 5.97 Å². The van der Waals surface area contributed by atoms with Crippen LogP contribution >= 0.6 is 15.9 Å². The molecule has 0 aliphatic rings. The fourth-order valence-corrected chi connectivity index (χ4v) is 0.954. The minimum Gasteiger partial charge on any atom is -0.497 e. The second kappa shape index (κ2) is 8.29. The average Bonchev–Trinajstić information content (AvgIpc) is 2.26. The molecule has 0 rings (SSSR count). The van der Waals surface area contributed by atoms with Crippen LogP contribution in [0.1, 0.15) is 6.92 Å². The number of esters is 1. The molecule has 3 nitrogen and oxygen atoms in total. The Balaban J connectivity index is 4.43. The second-order valence-corrected chi connectivity index (χ2v) is 3.43. The van der Waals surface area contributed by atoms with E-state index >= 15 is 0 Å². The van der Waals surface area contributed by atoms with Gasteiger partial charge in [0.05, 0.1) is 25.0 Å². The first-order valence-corrected chi connectivity index (χ1v) is 5.56. The predicted octanol–water partition coefficient (Wildman–Crippen LogP) is 2.59. The standard InChI is InChI=1S/C11H15BrO3/c1-4-10(11(13)14-3)6-5-9(2)15-8-7-12/h4-6H,1,7-8H2,2-3H3/b9-5+,10-6+. The summed E-state index contributed by atoms with van der Waals surface area (Å²) in [5.41, 5.74) is 0.402. The minimum absolute atomic E-state index is 0.402. The summed E-state index contributed by atoms with van der Waals surface area (Å²) in [5, 5.41) is 0.771. The molecule has 0 aliphatic carbocycles. The molecule has 84 valence electrons. The second-order valence-electron chi connectivity index (χ2n) is 2.63. The number of alkyl halides is 1. The first kappa shape index (κ1) is 14.0. The number of allylic oxidation sites excluding steroid dienone is 3. The molecular weight excluding hydrogens is 260 g/mol. The highest BCUT2D eigenvalue weighted by Crippen LogP contribution is 2.03. The van der Waals surface area contributed by atoms with Gasteiger partial charge in [-0.05, 0) is 19.1 Å². The molecule has 0 bridgehead atoms. The molecular formula is C11H15BrO3. The van der Waals surface area contributed by atoms with Crippen LogP contribution in [0.25, 0.3) is 0 Å². The van der Waals surface area contributed by atoms with Crippen LogP contribution < -0.4 is 0 Å². The van der Waals surface area contributed by atoms with Crippen molar-refractivity contribution < 1.29 is 14.3 Å². The van der Waals surface area contributed by atoms with Crippen molar-refractivity contribution in [2.24, 2.45) is 0 Å². The lowest BCUT2D eigenvalue weighted by Gasteiger charge is -2.02. The minimum atomic E-state index is -0.408. The van der Waals surface area contributed by atoms with E-state index in [-0.39, 0.29) is 0 Å². The highest BCUT2D eigenvalue weighted by atomic mass is 79.9. The molecule has 0 unspecified atom stereocenters. The van der Waals surface area contributed by atoms with Gasteiger partial charge in [0.1, 0.15) is 0 Å². The van der Waals surface area contributed by atoms with Crippen LogP contribution in [0.4, 0.5) is 0 Å². The molecule has 0 fully saturated rings. The van der Waals surface area contributed by atoms with Crippen molar-refractivity contribution in [2.45, 2.75) is 6.92 Å². The van der Waals surface area contributed by atoms with E-state index < -0.39 is 5.97 Å². The summed E-state index contributed by atoms with van der Waals surface area (Å²) < 4.78 is 9.84. The quantitative estimate of drug-likeness (QED) is 0.246. The number of hydrogen-bond donors (Lipinski definition) is 0. The predicted molar refractivity (Wildman–Crippen MR) is 63.8 cm³/mol. The van der Waals surface area contributed by atoms with Gasteiger partial charge in [0.25, 0.3) is 0 Å². The molecule has 0 N–H and O–H groups in total. The molecule has 0 amide bonds. The number of carbonyl (C=O) groups excluding carboxylic acids is 1. The van der Waals surface area contributed by atoms with Crippen LogP contribution in [0.5, 0.6) is 0 Å². The molecule has 0 radical (unpaired) electrons. The molecule has 0 heterocycles. The van der Waals surface area contributed by atoms with Crippen LogP contribution in [0, 0.1) is 0 Å². The van der Waals surface area contributed by atoms with E-state index in [2.05, 4.69) is 27.2 Å². The zero-order chi connectivity index (χ0) is 11.7. The Morgan fingerprint density at radius 1 is 1.47 bits per heavy atom. The Kier molecular flexibility index (Phi) is 7.72. The summed E-state index contributed by atoms with van der Waals surface area (Å²) in [7, 11) is 1.33. The first-order valence-electron chi connectivity index (χ1n) is 4.43. The first-order chi connectivity index (χ1) is 7.15. The zero-order valence-electron chi connectivity index (χ0n) is 8.96. The van der Waals surface area contributed by atoms with Gasteiger partial charge in [-0.25, -0.2) is 4.79 Å². The Morgan fingerprint density at radius 3 is 2.60 bits per heavy atom. The Labute approximate surface area is 98.6 Å². The molecule has 0 saturated heterocycles. The fraction of sp³-hybridized carbons (Fsp3) is 0.364. The van der Waals surface area contributed by atoms with E-state index in [9.17, 15) is 4.79 Å². The number of hydrogen-bond acceptors (Lipinski definition) is 3. The van der Waals surface area contributed by atoms with Crippen molar-refractivity contribution in [3.63, 3.8) is 0 Å². The average molecular weight is 275 g/mol. The maximum absolute atomic E-state index is 11.1. The number of ether oxygens (including phenoxy) is 2. The van der Waals surface area contributed by atoms with Crippen LogP contribution in [-0.2, 0) is 14.3 Å². The lowest BCUT2D eigenvalue weighted by Crippen LogP contribution is -2.02. The summed E-state index contributed by atoms with van der Waals surface area (Å²) >= 11 is 3.25. The van der Waals surface area contributed by atoms with Crippen molar-refractivity contribution in [3.8, 4) is 0 Å². The maximum Gasteiger partial charge on any atom is 0.337 e. The molecule has 0 aromatic heterocycles. The van der Waals surface area contributed by atoms with Gasteiger partial charge in [-0.1, -0.05) is 28.6 Å². The number of rotatable bonds is 6. The fourth-order valence-electron chi connectivity index (χ4n) is 0.792. The summed E-state index contributed by atoms with van der Waals surface area (Å²) in [6.45, 7) is 5.94. The molecule has 15 heavy (non-hydrogen) atoms. The summed E-state index contributed by atoms with van der Waals surface area (Å²) in [6, 6.07) is 0. The van der Waals surface area contributed by atoms with Crippen LogP contribution in [0.2, 0.25) is 0 Å². The Morgan fingerprint density at radius 2 is 2.13 bits per heavy atom. The highest BCUT2D eigenvalue weighted by Gasteiger charge is 2.02. The zero-order valence-corrected chi connectivity index (χ0v) is 10.5. The molecule has 0 saturated carbocycles. The van der Waals surface area contributed by atoms with Gasteiger partial charge in [-0.2, -0.15) is 0 Å². The third-order valence-electron chi connectivity index (χ3n) is 1.55. The maximum atomic E-state index is 11.1. The molecule has 0 aliphatic heterocycles.